The second-order valence-corrected chi connectivity index (χ2v) is 5.92. The minimum absolute atomic E-state index is 0.0950. The van der Waals surface area contributed by atoms with Gasteiger partial charge in [-0.15, -0.1) is 0 Å². The highest BCUT2D eigenvalue weighted by atomic mass is 35.5. The van der Waals surface area contributed by atoms with Gasteiger partial charge in [0.25, 0.3) is 0 Å². The van der Waals surface area contributed by atoms with Crippen molar-refractivity contribution >= 4 is 23.2 Å². The second-order valence-electron chi connectivity index (χ2n) is 5.52. The van der Waals surface area contributed by atoms with Crippen molar-refractivity contribution in [2.45, 2.75) is 27.3 Å². The molecule has 2 rings (SSSR count). The van der Waals surface area contributed by atoms with E-state index in [0.29, 0.717) is 17.3 Å². The van der Waals surface area contributed by atoms with Crippen LogP contribution in [0.4, 0.5) is 5.69 Å². The van der Waals surface area contributed by atoms with Crippen LogP contribution in [0.5, 0.6) is 0 Å². The molecular weight excluding hydrogens is 296 g/mol. The lowest BCUT2D eigenvalue weighted by Crippen LogP contribution is -2.28. The smallest absolute Gasteiger partial charge is 0.238 e. The maximum absolute atomic E-state index is 12.0. The summed E-state index contributed by atoms with van der Waals surface area (Å²) in [6.45, 7) is 6.90. The zero-order valence-electron chi connectivity index (χ0n) is 13.2. The van der Waals surface area contributed by atoms with Crippen molar-refractivity contribution in [2.75, 3.05) is 11.9 Å². The predicted octanol–water partition coefficient (Wildman–Crippen LogP) is 3.99. The van der Waals surface area contributed by atoms with Gasteiger partial charge in [-0.2, -0.15) is 0 Å². The molecule has 22 heavy (non-hydrogen) atoms. The van der Waals surface area contributed by atoms with Crippen molar-refractivity contribution in [3.8, 4) is 0 Å². The number of halogens is 1. The van der Waals surface area contributed by atoms with Crippen LogP contribution in [0.1, 0.15) is 22.3 Å². The second kappa shape index (κ2) is 7.43. The van der Waals surface area contributed by atoms with E-state index in [1.54, 1.807) is 0 Å². The highest BCUT2D eigenvalue weighted by Gasteiger charge is 2.09. The number of aryl methyl sites for hydroxylation is 3. The van der Waals surface area contributed by atoms with Gasteiger partial charge in [0.05, 0.1) is 17.3 Å². The molecule has 4 heteroatoms. The Hall–Kier alpha value is -1.84. The van der Waals surface area contributed by atoms with Gasteiger partial charge in [-0.1, -0.05) is 41.9 Å². The van der Waals surface area contributed by atoms with Crippen molar-refractivity contribution < 1.29 is 4.79 Å². The number of rotatable bonds is 5. The Morgan fingerprint density at radius 2 is 1.82 bits per heavy atom. The van der Waals surface area contributed by atoms with E-state index in [0.717, 1.165) is 11.1 Å². The first-order chi connectivity index (χ1) is 10.5. The van der Waals surface area contributed by atoms with Crippen molar-refractivity contribution in [3.05, 3.63) is 63.7 Å². The summed E-state index contributed by atoms with van der Waals surface area (Å²) in [6, 6.07) is 12.0. The van der Waals surface area contributed by atoms with Gasteiger partial charge in [0, 0.05) is 6.54 Å². The van der Waals surface area contributed by atoms with Crippen molar-refractivity contribution in [1.29, 1.82) is 0 Å². The molecular formula is C18H21ClN2O. The third-order valence-electron chi connectivity index (χ3n) is 3.56. The molecule has 2 N–H and O–H groups in total. The number of hydrogen-bond acceptors (Lipinski definition) is 2. The molecule has 2 aromatic carbocycles. The Morgan fingerprint density at radius 1 is 1.09 bits per heavy atom. The van der Waals surface area contributed by atoms with Crippen LogP contribution < -0.4 is 10.6 Å². The average molecular weight is 317 g/mol. The lowest BCUT2D eigenvalue weighted by molar-refractivity contribution is -0.115. The van der Waals surface area contributed by atoms with Gasteiger partial charge < -0.3 is 10.6 Å². The van der Waals surface area contributed by atoms with Gasteiger partial charge in [0.1, 0.15) is 0 Å². The molecule has 116 valence electrons. The Kier molecular flexibility index (Phi) is 5.58. The Bertz CT molecular complexity index is 660. The molecule has 1 amide bonds. The monoisotopic (exact) mass is 316 g/mol. The number of benzene rings is 2. The molecule has 0 saturated carbocycles. The van der Waals surface area contributed by atoms with E-state index in [1.807, 2.05) is 38.1 Å². The number of amides is 1. The SMILES string of the molecule is Cc1cc(C)c(NC(=O)CNCc2ccccc2C)c(Cl)c1. The lowest BCUT2D eigenvalue weighted by Gasteiger charge is -2.12. The van der Waals surface area contributed by atoms with Crippen LogP contribution in [0.15, 0.2) is 36.4 Å². The number of carbonyl (C=O) groups is 1. The average Bonchev–Trinajstić information content (AvgIpc) is 2.45. The van der Waals surface area contributed by atoms with Crippen LogP contribution in [0, 0.1) is 20.8 Å². The summed E-state index contributed by atoms with van der Waals surface area (Å²) in [5.74, 6) is -0.0950. The molecule has 0 unspecified atom stereocenters. The summed E-state index contributed by atoms with van der Waals surface area (Å²) in [4.78, 5) is 12.0. The summed E-state index contributed by atoms with van der Waals surface area (Å²) in [6.07, 6.45) is 0. The summed E-state index contributed by atoms with van der Waals surface area (Å²) >= 11 is 6.19. The first-order valence-electron chi connectivity index (χ1n) is 7.29. The van der Waals surface area contributed by atoms with E-state index in [9.17, 15) is 4.79 Å². The maximum Gasteiger partial charge on any atom is 0.238 e. The van der Waals surface area contributed by atoms with E-state index in [2.05, 4.69) is 29.7 Å². The van der Waals surface area contributed by atoms with Crippen LogP contribution >= 0.6 is 11.6 Å². The van der Waals surface area contributed by atoms with Gasteiger partial charge in [-0.3, -0.25) is 4.79 Å². The highest BCUT2D eigenvalue weighted by Crippen LogP contribution is 2.27. The van der Waals surface area contributed by atoms with Crippen molar-refractivity contribution in [3.63, 3.8) is 0 Å². The van der Waals surface area contributed by atoms with E-state index in [-0.39, 0.29) is 12.5 Å². The van der Waals surface area contributed by atoms with Crippen molar-refractivity contribution in [2.24, 2.45) is 0 Å². The van der Waals surface area contributed by atoms with Crippen molar-refractivity contribution in [1.82, 2.24) is 5.32 Å². The molecule has 0 aromatic heterocycles. The van der Waals surface area contributed by atoms with E-state index in [4.69, 9.17) is 11.6 Å². The third kappa shape index (κ3) is 4.33. The topological polar surface area (TPSA) is 41.1 Å². The fourth-order valence-electron chi connectivity index (χ4n) is 2.38. The molecule has 2 aromatic rings. The third-order valence-corrected chi connectivity index (χ3v) is 3.86. The Balaban J connectivity index is 1.90. The first kappa shape index (κ1) is 16.5. The molecule has 0 spiro atoms. The summed E-state index contributed by atoms with van der Waals surface area (Å²) in [7, 11) is 0. The Labute approximate surface area is 136 Å². The van der Waals surface area contributed by atoms with Gasteiger partial charge >= 0.3 is 0 Å². The predicted molar refractivity (Wildman–Crippen MR) is 92.4 cm³/mol. The summed E-state index contributed by atoms with van der Waals surface area (Å²) < 4.78 is 0. The highest BCUT2D eigenvalue weighted by molar-refractivity contribution is 6.34. The molecule has 0 bridgehead atoms. The molecule has 0 fully saturated rings. The Morgan fingerprint density at radius 3 is 2.50 bits per heavy atom. The zero-order valence-corrected chi connectivity index (χ0v) is 13.9. The number of nitrogens with one attached hydrogen (secondary N) is 2. The molecule has 0 heterocycles. The molecule has 0 aliphatic carbocycles. The normalized spacial score (nSPS) is 10.5. The molecule has 0 atom stereocenters. The number of carbonyl (C=O) groups excluding carboxylic acids is 1. The van der Waals surface area contributed by atoms with Crippen LogP contribution in [-0.4, -0.2) is 12.5 Å². The molecule has 3 nitrogen and oxygen atoms in total. The van der Waals surface area contributed by atoms with E-state index >= 15 is 0 Å². The standard InChI is InChI=1S/C18H21ClN2O/c1-12-8-14(3)18(16(19)9-12)21-17(22)11-20-10-15-7-5-4-6-13(15)2/h4-9,20H,10-11H2,1-3H3,(H,21,22). The first-order valence-corrected chi connectivity index (χ1v) is 7.67. The van der Waals surface area contributed by atoms with Crippen LogP contribution in [-0.2, 0) is 11.3 Å². The van der Waals surface area contributed by atoms with E-state index < -0.39 is 0 Å². The number of hydrogen-bond donors (Lipinski definition) is 2. The summed E-state index contributed by atoms with van der Waals surface area (Å²) in [5.41, 5.74) is 5.15. The number of anilines is 1. The zero-order chi connectivity index (χ0) is 16.1. The molecule has 0 aliphatic rings. The summed E-state index contributed by atoms with van der Waals surface area (Å²) in [5, 5.41) is 6.60. The minimum atomic E-state index is -0.0950. The quantitative estimate of drug-likeness (QED) is 0.875. The fraction of sp³-hybridized carbons (Fsp3) is 0.278. The minimum Gasteiger partial charge on any atom is -0.323 e. The maximum atomic E-state index is 12.0. The van der Waals surface area contributed by atoms with Crippen LogP contribution in [0.2, 0.25) is 5.02 Å². The largest absolute Gasteiger partial charge is 0.323 e. The van der Waals surface area contributed by atoms with Gasteiger partial charge in [0.15, 0.2) is 0 Å². The van der Waals surface area contributed by atoms with E-state index in [1.165, 1.54) is 11.1 Å². The van der Waals surface area contributed by atoms with Crippen LogP contribution in [0.3, 0.4) is 0 Å². The van der Waals surface area contributed by atoms with Gasteiger partial charge in [-0.25, -0.2) is 0 Å². The van der Waals surface area contributed by atoms with Gasteiger partial charge in [0.2, 0.25) is 5.91 Å². The van der Waals surface area contributed by atoms with Gasteiger partial charge in [-0.05, 0) is 49.1 Å². The lowest BCUT2D eigenvalue weighted by atomic mass is 10.1. The molecule has 0 aliphatic heterocycles. The molecule has 0 saturated heterocycles. The van der Waals surface area contributed by atoms with Crippen LogP contribution in [0.25, 0.3) is 0 Å². The molecule has 0 radical (unpaired) electrons. The fourth-order valence-corrected chi connectivity index (χ4v) is 2.75.